The van der Waals surface area contributed by atoms with Crippen molar-refractivity contribution in [2.45, 2.75) is 51.6 Å². The normalized spacial score (nSPS) is 24.9. The second-order valence-corrected chi connectivity index (χ2v) is 7.68. The molecule has 128 valence electrons. The quantitative estimate of drug-likeness (QED) is 0.834. The number of aromatic nitrogens is 2. The molecule has 1 aromatic heterocycles. The molecule has 0 radical (unpaired) electrons. The molecule has 24 heavy (non-hydrogen) atoms. The zero-order valence-electron chi connectivity index (χ0n) is 14.2. The molecule has 3 heterocycles. The van der Waals surface area contributed by atoms with Crippen LogP contribution in [0.3, 0.4) is 0 Å². The van der Waals surface area contributed by atoms with Crippen LogP contribution in [-0.4, -0.2) is 33.6 Å². The van der Waals surface area contributed by atoms with E-state index in [4.69, 9.17) is 11.6 Å². The highest BCUT2D eigenvalue weighted by atomic mass is 35.5. The third-order valence-electron chi connectivity index (χ3n) is 5.72. The highest BCUT2D eigenvalue weighted by Crippen LogP contribution is 2.32. The first-order chi connectivity index (χ1) is 11.6. The molecular weight excluding hydrogens is 322 g/mol. The van der Waals surface area contributed by atoms with Crippen molar-refractivity contribution < 1.29 is 0 Å². The predicted octanol–water partition coefficient (Wildman–Crippen LogP) is 3.62. The first-order valence-corrected chi connectivity index (χ1v) is 9.42. The van der Waals surface area contributed by atoms with Crippen molar-refractivity contribution in [3.8, 4) is 0 Å². The summed E-state index contributed by atoms with van der Waals surface area (Å²) in [6, 6.07) is 6.28. The lowest BCUT2D eigenvalue weighted by Crippen LogP contribution is -2.49. The second-order valence-electron chi connectivity index (χ2n) is 7.25. The minimum atomic E-state index is 0.0396. The Hall–Kier alpha value is -1.39. The van der Waals surface area contributed by atoms with Gasteiger partial charge in [0.2, 0.25) is 0 Å². The molecule has 2 aromatic rings. The van der Waals surface area contributed by atoms with Gasteiger partial charge in [0.1, 0.15) is 5.69 Å². The number of aryl methyl sites for hydroxylation is 1. The second kappa shape index (κ2) is 6.49. The monoisotopic (exact) mass is 345 g/mol. The molecule has 0 bridgehead atoms. The van der Waals surface area contributed by atoms with E-state index in [1.54, 1.807) is 6.92 Å². The molecule has 2 aliphatic heterocycles. The summed E-state index contributed by atoms with van der Waals surface area (Å²) in [7, 11) is 0. The van der Waals surface area contributed by atoms with Crippen LogP contribution in [0.2, 0.25) is 5.02 Å². The Bertz CT molecular complexity index is 814. The molecule has 4 rings (SSSR count). The fraction of sp³-hybridized carbons (Fsp3) is 0.579. The maximum atomic E-state index is 12.8. The Kier molecular flexibility index (Phi) is 4.35. The first-order valence-electron chi connectivity index (χ1n) is 9.04. The summed E-state index contributed by atoms with van der Waals surface area (Å²) in [5.41, 5.74) is 2.32. The van der Waals surface area contributed by atoms with Crippen LogP contribution in [-0.2, 0) is 6.54 Å². The fourth-order valence-corrected chi connectivity index (χ4v) is 4.72. The van der Waals surface area contributed by atoms with Gasteiger partial charge in [0.25, 0.3) is 5.56 Å². The standard InChI is InChI=1S/C19H24ClN3O/c1-13-19(24)23(18-8-7-15(20)11-16(18)21-13)12-14-5-4-10-22-9-3-2-6-17(14)22/h7-8,11,14,17H,2-6,9-10,12H2,1H3. The average Bonchev–Trinajstić information content (AvgIpc) is 2.59. The molecule has 0 spiro atoms. The molecule has 0 N–H and O–H groups in total. The van der Waals surface area contributed by atoms with Crippen molar-refractivity contribution in [3.05, 3.63) is 39.3 Å². The Morgan fingerprint density at radius 1 is 1.21 bits per heavy atom. The zero-order valence-corrected chi connectivity index (χ0v) is 14.9. The molecular formula is C19H24ClN3O. The van der Waals surface area contributed by atoms with Crippen molar-refractivity contribution in [1.29, 1.82) is 0 Å². The summed E-state index contributed by atoms with van der Waals surface area (Å²) >= 11 is 6.11. The molecule has 0 amide bonds. The maximum absolute atomic E-state index is 12.8. The van der Waals surface area contributed by atoms with E-state index < -0.39 is 0 Å². The number of rotatable bonds is 2. The molecule has 2 unspecified atom stereocenters. The van der Waals surface area contributed by atoms with E-state index in [0.717, 1.165) is 17.6 Å². The van der Waals surface area contributed by atoms with Crippen molar-refractivity contribution in [3.63, 3.8) is 0 Å². The average molecular weight is 346 g/mol. The third-order valence-corrected chi connectivity index (χ3v) is 5.95. The molecule has 2 atom stereocenters. The van der Waals surface area contributed by atoms with Crippen LogP contribution in [0.15, 0.2) is 23.0 Å². The Balaban J connectivity index is 1.73. The van der Waals surface area contributed by atoms with Gasteiger partial charge in [-0.2, -0.15) is 0 Å². The number of halogens is 1. The van der Waals surface area contributed by atoms with Gasteiger partial charge in [0, 0.05) is 17.6 Å². The lowest BCUT2D eigenvalue weighted by molar-refractivity contribution is 0.0520. The fourth-order valence-electron chi connectivity index (χ4n) is 4.55. The number of hydrogen-bond acceptors (Lipinski definition) is 3. The van der Waals surface area contributed by atoms with E-state index in [2.05, 4.69) is 9.88 Å². The molecule has 2 saturated heterocycles. The van der Waals surface area contributed by atoms with Crippen LogP contribution in [0, 0.1) is 12.8 Å². The number of fused-ring (bicyclic) bond motifs is 2. The highest BCUT2D eigenvalue weighted by Gasteiger charge is 2.33. The van der Waals surface area contributed by atoms with Crippen LogP contribution in [0.1, 0.15) is 37.8 Å². The zero-order chi connectivity index (χ0) is 16.7. The summed E-state index contributed by atoms with van der Waals surface area (Å²) in [6.45, 7) is 5.04. The third kappa shape index (κ3) is 2.86. The molecule has 2 fully saturated rings. The summed E-state index contributed by atoms with van der Waals surface area (Å²) in [6.07, 6.45) is 6.36. The van der Waals surface area contributed by atoms with Gasteiger partial charge < -0.3 is 9.47 Å². The summed E-state index contributed by atoms with van der Waals surface area (Å²) in [4.78, 5) is 19.8. The van der Waals surface area contributed by atoms with Crippen molar-refractivity contribution in [2.75, 3.05) is 13.1 Å². The summed E-state index contributed by atoms with van der Waals surface area (Å²) < 4.78 is 1.94. The van der Waals surface area contributed by atoms with Gasteiger partial charge in [-0.1, -0.05) is 18.0 Å². The Labute approximate surface area is 147 Å². The van der Waals surface area contributed by atoms with E-state index in [0.29, 0.717) is 22.7 Å². The van der Waals surface area contributed by atoms with Crippen LogP contribution < -0.4 is 5.56 Å². The molecule has 2 aliphatic rings. The van der Waals surface area contributed by atoms with Gasteiger partial charge in [0.05, 0.1) is 11.0 Å². The lowest BCUT2D eigenvalue weighted by atomic mass is 9.83. The minimum Gasteiger partial charge on any atom is -0.305 e. The van der Waals surface area contributed by atoms with E-state index in [-0.39, 0.29) is 5.56 Å². The van der Waals surface area contributed by atoms with E-state index in [1.165, 1.54) is 45.2 Å². The van der Waals surface area contributed by atoms with Gasteiger partial charge in [0.15, 0.2) is 0 Å². The minimum absolute atomic E-state index is 0.0396. The predicted molar refractivity (Wildman–Crippen MR) is 97.7 cm³/mol. The van der Waals surface area contributed by atoms with E-state index in [1.807, 2.05) is 22.8 Å². The van der Waals surface area contributed by atoms with Gasteiger partial charge in [-0.05, 0) is 69.8 Å². The van der Waals surface area contributed by atoms with Crippen molar-refractivity contribution >= 4 is 22.6 Å². The smallest absolute Gasteiger partial charge is 0.272 e. The molecule has 0 saturated carbocycles. The SMILES string of the molecule is Cc1nc2cc(Cl)ccc2n(CC2CCCN3CCCCC23)c1=O. The molecule has 1 aromatic carbocycles. The topological polar surface area (TPSA) is 38.1 Å². The molecule has 4 nitrogen and oxygen atoms in total. The molecule has 0 aliphatic carbocycles. The Morgan fingerprint density at radius 2 is 2.04 bits per heavy atom. The first kappa shape index (κ1) is 16.1. The van der Waals surface area contributed by atoms with Crippen molar-refractivity contribution in [1.82, 2.24) is 14.5 Å². The van der Waals surface area contributed by atoms with Gasteiger partial charge in [-0.15, -0.1) is 0 Å². The number of piperidine rings is 2. The molecule has 5 heteroatoms. The van der Waals surface area contributed by atoms with Gasteiger partial charge in [-0.3, -0.25) is 4.79 Å². The summed E-state index contributed by atoms with van der Waals surface area (Å²) in [5, 5.41) is 0.663. The van der Waals surface area contributed by atoms with Crippen molar-refractivity contribution in [2.24, 2.45) is 5.92 Å². The van der Waals surface area contributed by atoms with Crippen LogP contribution in [0.5, 0.6) is 0 Å². The number of benzene rings is 1. The summed E-state index contributed by atoms with van der Waals surface area (Å²) in [5.74, 6) is 0.553. The highest BCUT2D eigenvalue weighted by molar-refractivity contribution is 6.31. The van der Waals surface area contributed by atoms with E-state index >= 15 is 0 Å². The van der Waals surface area contributed by atoms with Gasteiger partial charge >= 0.3 is 0 Å². The Morgan fingerprint density at radius 3 is 2.92 bits per heavy atom. The largest absolute Gasteiger partial charge is 0.305 e. The van der Waals surface area contributed by atoms with Crippen LogP contribution >= 0.6 is 11.6 Å². The maximum Gasteiger partial charge on any atom is 0.272 e. The van der Waals surface area contributed by atoms with Crippen LogP contribution in [0.4, 0.5) is 0 Å². The van der Waals surface area contributed by atoms with Crippen LogP contribution in [0.25, 0.3) is 11.0 Å². The van der Waals surface area contributed by atoms with E-state index in [9.17, 15) is 4.79 Å². The lowest BCUT2D eigenvalue weighted by Gasteiger charge is -2.44. The number of hydrogen-bond donors (Lipinski definition) is 0. The number of nitrogens with zero attached hydrogens (tertiary/aromatic N) is 3. The van der Waals surface area contributed by atoms with Gasteiger partial charge in [-0.25, -0.2) is 4.98 Å².